The molecule has 1 aromatic rings. The third-order valence-corrected chi connectivity index (χ3v) is 4.83. The second kappa shape index (κ2) is 5.24. The van der Waals surface area contributed by atoms with Gasteiger partial charge in [0.15, 0.2) is 0 Å². The first-order chi connectivity index (χ1) is 7.80. The van der Waals surface area contributed by atoms with Crippen LogP contribution < -0.4 is 5.73 Å². The number of thioether (sulfide) groups is 1. The fourth-order valence-corrected chi connectivity index (χ4v) is 3.50. The Kier molecular flexibility index (Phi) is 3.93. The lowest BCUT2D eigenvalue weighted by atomic mass is 9.65. The van der Waals surface area contributed by atoms with E-state index >= 15 is 0 Å². The fraction of sp³-hybridized carbons (Fsp3) is 0.571. The van der Waals surface area contributed by atoms with Gasteiger partial charge >= 0.3 is 0 Å². The molecule has 1 aliphatic rings. The van der Waals surface area contributed by atoms with Crippen LogP contribution in [0.25, 0.3) is 0 Å². The maximum absolute atomic E-state index is 5.72. The predicted octanol–water partition coefficient (Wildman–Crippen LogP) is 3.32. The Balaban J connectivity index is 2.18. The molecule has 0 spiro atoms. The summed E-state index contributed by atoms with van der Waals surface area (Å²) in [4.78, 5) is 0. The topological polar surface area (TPSA) is 26.0 Å². The molecule has 1 nitrogen and oxygen atoms in total. The van der Waals surface area contributed by atoms with Gasteiger partial charge in [0.1, 0.15) is 0 Å². The van der Waals surface area contributed by atoms with Crippen molar-refractivity contribution in [3.8, 4) is 0 Å². The van der Waals surface area contributed by atoms with Crippen LogP contribution >= 0.6 is 11.8 Å². The summed E-state index contributed by atoms with van der Waals surface area (Å²) in [6.45, 7) is 2.90. The van der Waals surface area contributed by atoms with Crippen LogP contribution in [-0.2, 0) is 12.0 Å². The molecule has 0 heterocycles. The van der Waals surface area contributed by atoms with Crippen molar-refractivity contribution >= 4 is 11.8 Å². The molecule has 1 fully saturated rings. The first-order valence-electron chi connectivity index (χ1n) is 6.18. The van der Waals surface area contributed by atoms with Gasteiger partial charge in [0.05, 0.1) is 0 Å². The summed E-state index contributed by atoms with van der Waals surface area (Å²) in [7, 11) is 0. The molecule has 2 rings (SSSR count). The van der Waals surface area contributed by atoms with E-state index in [9.17, 15) is 0 Å². The highest BCUT2D eigenvalue weighted by atomic mass is 32.2. The zero-order valence-corrected chi connectivity index (χ0v) is 10.9. The summed E-state index contributed by atoms with van der Waals surface area (Å²) in [6.07, 6.45) is 4.10. The highest BCUT2D eigenvalue weighted by molar-refractivity contribution is 7.99. The van der Waals surface area contributed by atoms with E-state index in [1.165, 1.54) is 41.9 Å². The Morgan fingerprint density at radius 3 is 2.75 bits per heavy atom. The highest BCUT2D eigenvalue weighted by Gasteiger charge is 2.38. The van der Waals surface area contributed by atoms with Crippen LogP contribution in [0.2, 0.25) is 0 Å². The molecule has 2 N–H and O–H groups in total. The molecule has 16 heavy (non-hydrogen) atoms. The monoisotopic (exact) mass is 235 g/mol. The Hall–Kier alpha value is -0.470. The van der Waals surface area contributed by atoms with Gasteiger partial charge in [-0.1, -0.05) is 37.6 Å². The van der Waals surface area contributed by atoms with E-state index in [0.717, 1.165) is 0 Å². The Labute approximate surface area is 103 Å². The van der Waals surface area contributed by atoms with Crippen LogP contribution in [0.4, 0.5) is 0 Å². The van der Waals surface area contributed by atoms with E-state index in [0.29, 0.717) is 12.0 Å². The summed E-state index contributed by atoms with van der Waals surface area (Å²) in [5, 5.41) is 0. The number of hydrogen-bond acceptors (Lipinski definition) is 2. The van der Waals surface area contributed by atoms with Gasteiger partial charge in [-0.2, -0.15) is 11.8 Å². The third-order valence-electron chi connectivity index (χ3n) is 3.67. The molecule has 0 atom stereocenters. The SMILES string of the molecule is CCSCC1(c2cccc(CN)c2)CCC1. The maximum atomic E-state index is 5.72. The smallest absolute Gasteiger partial charge is 0.0178 e. The second-order valence-electron chi connectivity index (χ2n) is 4.68. The number of nitrogens with two attached hydrogens (primary N) is 1. The summed E-state index contributed by atoms with van der Waals surface area (Å²) in [5.74, 6) is 2.50. The summed E-state index contributed by atoms with van der Waals surface area (Å²) in [6, 6.07) is 8.89. The molecular formula is C14H21NS. The predicted molar refractivity (Wildman–Crippen MR) is 72.9 cm³/mol. The molecule has 0 bridgehead atoms. The van der Waals surface area contributed by atoms with E-state index in [-0.39, 0.29) is 0 Å². The molecule has 0 unspecified atom stereocenters. The Bertz CT molecular complexity index is 344. The van der Waals surface area contributed by atoms with Crippen LogP contribution in [0.15, 0.2) is 24.3 Å². The van der Waals surface area contributed by atoms with Crippen LogP contribution in [-0.4, -0.2) is 11.5 Å². The van der Waals surface area contributed by atoms with Crippen molar-refractivity contribution in [3.63, 3.8) is 0 Å². The molecular weight excluding hydrogens is 214 g/mol. The summed E-state index contributed by atoms with van der Waals surface area (Å²) < 4.78 is 0. The lowest BCUT2D eigenvalue weighted by Gasteiger charge is -2.42. The van der Waals surface area contributed by atoms with Crippen LogP contribution in [0.3, 0.4) is 0 Å². The zero-order valence-electron chi connectivity index (χ0n) is 10.0. The van der Waals surface area contributed by atoms with Crippen molar-refractivity contribution in [2.45, 2.75) is 38.1 Å². The van der Waals surface area contributed by atoms with Gasteiger partial charge in [-0.15, -0.1) is 0 Å². The molecule has 1 saturated carbocycles. The van der Waals surface area contributed by atoms with Crippen molar-refractivity contribution in [1.82, 2.24) is 0 Å². The molecule has 0 radical (unpaired) electrons. The first-order valence-corrected chi connectivity index (χ1v) is 7.33. The number of hydrogen-bond donors (Lipinski definition) is 1. The minimum atomic E-state index is 0.464. The average molecular weight is 235 g/mol. The van der Waals surface area contributed by atoms with E-state index in [1.54, 1.807) is 0 Å². The van der Waals surface area contributed by atoms with Gasteiger partial charge in [0.25, 0.3) is 0 Å². The molecule has 1 aliphatic carbocycles. The molecule has 0 saturated heterocycles. The van der Waals surface area contributed by atoms with E-state index < -0.39 is 0 Å². The van der Waals surface area contributed by atoms with Crippen molar-refractivity contribution in [2.24, 2.45) is 5.73 Å². The van der Waals surface area contributed by atoms with Crippen LogP contribution in [0.1, 0.15) is 37.3 Å². The zero-order chi connectivity index (χ0) is 11.4. The lowest BCUT2D eigenvalue weighted by molar-refractivity contribution is 0.278. The van der Waals surface area contributed by atoms with Gasteiger partial charge in [0.2, 0.25) is 0 Å². The van der Waals surface area contributed by atoms with Gasteiger partial charge < -0.3 is 5.73 Å². The molecule has 0 aliphatic heterocycles. The maximum Gasteiger partial charge on any atom is 0.0178 e. The average Bonchev–Trinajstić information content (AvgIpc) is 2.28. The van der Waals surface area contributed by atoms with E-state index in [4.69, 9.17) is 5.73 Å². The quantitative estimate of drug-likeness (QED) is 0.847. The van der Waals surface area contributed by atoms with Crippen molar-refractivity contribution in [2.75, 3.05) is 11.5 Å². The third kappa shape index (κ3) is 2.28. The van der Waals surface area contributed by atoms with Crippen LogP contribution in [0, 0.1) is 0 Å². The molecule has 88 valence electrons. The normalized spacial score (nSPS) is 18.1. The highest BCUT2D eigenvalue weighted by Crippen LogP contribution is 2.46. The van der Waals surface area contributed by atoms with Crippen LogP contribution in [0.5, 0.6) is 0 Å². The lowest BCUT2D eigenvalue weighted by Crippen LogP contribution is -2.37. The Morgan fingerprint density at radius 1 is 1.38 bits per heavy atom. The van der Waals surface area contributed by atoms with E-state index in [1.807, 2.05) is 0 Å². The standard InChI is InChI=1S/C14H21NS/c1-2-16-11-14(7-4-8-14)13-6-3-5-12(9-13)10-15/h3,5-6,9H,2,4,7-8,10-11,15H2,1H3. The van der Waals surface area contributed by atoms with Gasteiger partial charge in [0, 0.05) is 17.7 Å². The summed E-state index contributed by atoms with van der Waals surface area (Å²) in [5.41, 5.74) is 8.97. The summed E-state index contributed by atoms with van der Waals surface area (Å²) >= 11 is 2.07. The molecule has 0 amide bonds. The van der Waals surface area contributed by atoms with Gasteiger partial charge in [-0.3, -0.25) is 0 Å². The number of benzene rings is 1. The molecule has 0 aromatic heterocycles. The first kappa shape index (κ1) is 12.0. The molecule has 2 heteroatoms. The van der Waals surface area contributed by atoms with Crippen molar-refractivity contribution in [3.05, 3.63) is 35.4 Å². The Morgan fingerprint density at radius 2 is 2.19 bits per heavy atom. The minimum Gasteiger partial charge on any atom is -0.326 e. The number of rotatable bonds is 5. The largest absolute Gasteiger partial charge is 0.326 e. The molecule has 1 aromatic carbocycles. The van der Waals surface area contributed by atoms with Crippen molar-refractivity contribution in [1.29, 1.82) is 0 Å². The minimum absolute atomic E-state index is 0.464. The van der Waals surface area contributed by atoms with Crippen molar-refractivity contribution < 1.29 is 0 Å². The van der Waals surface area contributed by atoms with Gasteiger partial charge in [-0.05, 0) is 29.7 Å². The second-order valence-corrected chi connectivity index (χ2v) is 5.95. The van der Waals surface area contributed by atoms with Gasteiger partial charge in [-0.25, -0.2) is 0 Å². The van der Waals surface area contributed by atoms with E-state index in [2.05, 4.69) is 43.0 Å². The fourth-order valence-electron chi connectivity index (χ4n) is 2.45.